The first-order chi connectivity index (χ1) is 14.0. The van der Waals surface area contributed by atoms with Crippen LogP contribution in [0.15, 0.2) is 36.7 Å². The van der Waals surface area contributed by atoms with Crippen molar-refractivity contribution >= 4 is 17.6 Å². The van der Waals surface area contributed by atoms with E-state index in [1.54, 1.807) is 9.58 Å². The fourth-order valence-corrected chi connectivity index (χ4v) is 4.21. The van der Waals surface area contributed by atoms with Crippen LogP contribution in [-0.4, -0.2) is 70.8 Å². The van der Waals surface area contributed by atoms with Gasteiger partial charge in [0.1, 0.15) is 0 Å². The number of benzene rings is 1. The zero-order chi connectivity index (χ0) is 20.4. The highest BCUT2D eigenvalue weighted by atomic mass is 16.2. The first kappa shape index (κ1) is 19.4. The Labute approximate surface area is 170 Å². The minimum atomic E-state index is -0.113. The Morgan fingerprint density at radius 2 is 1.90 bits per heavy atom. The molecule has 2 aliphatic rings. The van der Waals surface area contributed by atoms with Crippen LogP contribution in [0.5, 0.6) is 0 Å². The van der Waals surface area contributed by atoms with Gasteiger partial charge in [-0.15, -0.1) is 0 Å². The minimum absolute atomic E-state index is 0.0770. The summed E-state index contributed by atoms with van der Waals surface area (Å²) in [7, 11) is 1.89. The minimum Gasteiger partial charge on any atom is -0.339 e. The van der Waals surface area contributed by atoms with E-state index < -0.39 is 0 Å². The third kappa shape index (κ3) is 4.27. The van der Waals surface area contributed by atoms with Gasteiger partial charge >= 0.3 is 6.03 Å². The molecule has 2 saturated heterocycles. The van der Waals surface area contributed by atoms with Gasteiger partial charge in [0, 0.05) is 64.1 Å². The molecule has 2 fully saturated rings. The van der Waals surface area contributed by atoms with Gasteiger partial charge in [0.2, 0.25) is 5.91 Å². The lowest BCUT2D eigenvalue weighted by Crippen LogP contribution is -2.53. The van der Waals surface area contributed by atoms with Crippen molar-refractivity contribution in [3.8, 4) is 0 Å². The topological polar surface area (TPSA) is 82.5 Å². The number of aryl methyl sites for hydroxylation is 2. The first-order valence-electron chi connectivity index (χ1n) is 10.1. The van der Waals surface area contributed by atoms with Crippen LogP contribution in [0.2, 0.25) is 0 Å². The fourth-order valence-electron chi connectivity index (χ4n) is 4.21. The molecule has 4 rings (SSSR count). The van der Waals surface area contributed by atoms with Crippen LogP contribution in [0.3, 0.4) is 0 Å². The predicted molar refractivity (Wildman–Crippen MR) is 111 cm³/mol. The highest BCUT2D eigenvalue weighted by Crippen LogP contribution is 2.29. The monoisotopic (exact) mass is 396 g/mol. The molecule has 3 heterocycles. The molecule has 8 heteroatoms. The summed E-state index contributed by atoms with van der Waals surface area (Å²) < 4.78 is 1.78. The molecule has 0 spiro atoms. The van der Waals surface area contributed by atoms with Crippen molar-refractivity contribution in [2.75, 3.05) is 44.6 Å². The van der Waals surface area contributed by atoms with E-state index in [9.17, 15) is 9.59 Å². The molecule has 1 aromatic carbocycles. The number of anilines is 1. The molecule has 1 aromatic heterocycles. The number of urea groups is 1. The fraction of sp³-hybridized carbons (Fsp3) is 0.476. The van der Waals surface area contributed by atoms with E-state index in [0.717, 1.165) is 23.4 Å². The Bertz CT molecular complexity index is 887. The molecular formula is C21H28N6O2. The summed E-state index contributed by atoms with van der Waals surface area (Å²) >= 11 is 0. The molecule has 2 atom stereocenters. The maximum atomic E-state index is 13.1. The maximum absolute atomic E-state index is 13.1. The van der Waals surface area contributed by atoms with E-state index in [2.05, 4.69) is 15.7 Å². The predicted octanol–water partition coefficient (Wildman–Crippen LogP) is 1.41. The number of carbonyl (C=O) groups excluding carboxylic acids is 2. The molecule has 0 radical (unpaired) electrons. The Morgan fingerprint density at radius 3 is 2.59 bits per heavy atom. The van der Waals surface area contributed by atoms with E-state index in [0.29, 0.717) is 32.7 Å². The van der Waals surface area contributed by atoms with Crippen molar-refractivity contribution < 1.29 is 9.59 Å². The third-order valence-corrected chi connectivity index (χ3v) is 5.83. The van der Waals surface area contributed by atoms with Gasteiger partial charge in [-0.2, -0.15) is 5.10 Å². The van der Waals surface area contributed by atoms with Gasteiger partial charge in [-0.1, -0.05) is 12.1 Å². The number of carbonyl (C=O) groups is 2. The van der Waals surface area contributed by atoms with E-state index in [-0.39, 0.29) is 23.8 Å². The molecule has 8 nitrogen and oxygen atoms in total. The van der Waals surface area contributed by atoms with E-state index in [4.69, 9.17) is 0 Å². The molecule has 154 valence electrons. The average molecular weight is 396 g/mol. The Kier molecular flexibility index (Phi) is 5.53. The summed E-state index contributed by atoms with van der Waals surface area (Å²) in [5.74, 6) is 0.244. The zero-order valence-electron chi connectivity index (χ0n) is 17.0. The zero-order valence-corrected chi connectivity index (χ0v) is 17.0. The number of piperazine rings is 1. The second-order valence-electron chi connectivity index (χ2n) is 7.93. The Balaban J connectivity index is 1.33. The number of amides is 3. The van der Waals surface area contributed by atoms with Crippen molar-refractivity contribution in [3.63, 3.8) is 0 Å². The third-order valence-electron chi connectivity index (χ3n) is 5.83. The van der Waals surface area contributed by atoms with E-state index in [1.165, 1.54) is 0 Å². The molecule has 0 bridgehead atoms. The second kappa shape index (κ2) is 8.24. The van der Waals surface area contributed by atoms with Gasteiger partial charge < -0.3 is 20.4 Å². The lowest BCUT2D eigenvalue weighted by molar-refractivity contribution is -0.136. The summed E-state index contributed by atoms with van der Waals surface area (Å²) in [6.07, 6.45) is 3.84. The van der Waals surface area contributed by atoms with Crippen LogP contribution in [0.4, 0.5) is 10.5 Å². The van der Waals surface area contributed by atoms with Crippen molar-refractivity contribution in [2.24, 2.45) is 13.0 Å². The summed E-state index contributed by atoms with van der Waals surface area (Å²) in [6, 6.07) is 7.64. The largest absolute Gasteiger partial charge is 0.339 e. The summed E-state index contributed by atoms with van der Waals surface area (Å²) in [5.41, 5.74) is 3.00. The van der Waals surface area contributed by atoms with Crippen LogP contribution in [0.1, 0.15) is 17.0 Å². The molecule has 3 amide bonds. The van der Waals surface area contributed by atoms with Gasteiger partial charge in [-0.25, -0.2) is 4.79 Å². The Hall–Kier alpha value is -2.87. The SMILES string of the molecule is Cc1cccc(NC(=O)N2CCN(C(=O)[C@H]3CNC[C@@H]3c3cnn(C)c3)CC2)c1. The van der Waals surface area contributed by atoms with Crippen LogP contribution < -0.4 is 10.6 Å². The van der Waals surface area contributed by atoms with Crippen molar-refractivity contribution in [3.05, 3.63) is 47.8 Å². The second-order valence-corrected chi connectivity index (χ2v) is 7.93. The molecule has 29 heavy (non-hydrogen) atoms. The van der Waals surface area contributed by atoms with Crippen LogP contribution in [0, 0.1) is 12.8 Å². The van der Waals surface area contributed by atoms with Gasteiger partial charge in [0.15, 0.2) is 0 Å². The number of nitrogens with zero attached hydrogens (tertiary/aromatic N) is 4. The molecule has 0 saturated carbocycles. The highest BCUT2D eigenvalue weighted by molar-refractivity contribution is 5.89. The van der Waals surface area contributed by atoms with Gasteiger partial charge in [-0.3, -0.25) is 9.48 Å². The molecule has 0 aliphatic carbocycles. The average Bonchev–Trinajstić information content (AvgIpc) is 3.36. The lowest BCUT2D eigenvalue weighted by Gasteiger charge is -2.36. The number of rotatable bonds is 3. The normalized spacial score (nSPS) is 22.0. The lowest BCUT2D eigenvalue weighted by atomic mass is 9.89. The number of hydrogen-bond acceptors (Lipinski definition) is 4. The Morgan fingerprint density at radius 1 is 1.14 bits per heavy atom. The molecule has 2 aliphatic heterocycles. The molecule has 2 N–H and O–H groups in total. The quantitative estimate of drug-likeness (QED) is 0.822. The van der Waals surface area contributed by atoms with Crippen molar-refractivity contribution in [1.29, 1.82) is 0 Å². The van der Waals surface area contributed by atoms with Crippen molar-refractivity contribution in [2.45, 2.75) is 12.8 Å². The van der Waals surface area contributed by atoms with Crippen LogP contribution >= 0.6 is 0 Å². The summed E-state index contributed by atoms with van der Waals surface area (Å²) in [4.78, 5) is 29.4. The van der Waals surface area contributed by atoms with Gasteiger partial charge in [0.05, 0.1) is 12.1 Å². The van der Waals surface area contributed by atoms with Crippen LogP contribution in [0.25, 0.3) is 0 Å². The first-order valence-corrected chi connectivity index (χ1v) is 10.1. The molecule has 0 unspecified atom stereocenters. The number of hydrogen-bond donors (Lipinski definition) is 2. The van der Waals surface area contributed by atoms with Crippen LogP contribution in [-0.2, 0) is 11.8 Å². The standard InChI is InChI=1S/C21H28N6O2/c1-15-4-3-5-17(10-15)24-21(29)27-8-6-26(7-9-27)20(28)19-13-22-12-18(19)16-11-23-25(2)14-16/h3-5,10-11,14,18-19,22H,6-9,12-13H2,1-2H3,(H,24,29)/t18-,19+/m1/s1. The van der Waals surface area contributed by atoms with E-state index in [1.807, 2.05) is 55.5 Å². The van der Waals surface area contributed by atoms with E-state index >= 15 is 0 Å². The highest BCUT2D eigenvalue weighted by Gasteiger charge is 2.38. The summed E-state index contributed by atoms with van der Waals surface area (Å²) in [6.45, 7) is 5.69. The maximum Gasteiger partial charge on any atom is 0.321 e. The van der Waals surface area contributed by atoms with Crippen molar-refractivity contribution in [1.82, 2.24) is 24.9 Å². The van der Waals surface area contributed by atoms with Gasteiger partial charge in [0.25, 0.3) is 0 Å². The molecular weight excluding hydrogens is 368 g/mol. The summed E-state index contributed by atoms with van der Waals surface area (Å²) in [5, 5.41) is 10.5. The van der Waals surface area contributed by atoms with Gasteiger partial charge in [-0.05, 0) is 30.2 Å². The number of nitrogens with one attached hydrogen (secondary N) is 2. The molecule has 2 aromatic rings. The smallest absolute Gasteiger partial charge is 0.321 e. The number of aromatic nitrogens is 2.